The molecule has 166 valence electrons. The van der Waals surface area contributed by atoms with E-state index in [9.17, 15) is 9.18 Å². The van der Waals surface area contributed by atoms with Crippen LogP contribution in [0, 0.1) is 5.82 Å². The molecule has 0 atom stereocenters. The Kier molecular flexibility index (Phi) is 5.97. The van der Waals surface area contributed by atoms with Crippen LogP contribution in [0.25, 0.3) is 22.3 Å². The van der Waals surface area contributed by atoms with Crippen LogP contribution in [0.5, 0.6) is 5.75 Å². The number of carbonyl (C=O) groups is 1. The fourth-order valence-electron chi connectivity index (χ4n) is 3.54. The monoisotopic (exact) mass is 469 g/mol. The van der Waals surface area contributed by atoms with E-state index in [4.69, 9.17) is 16.3 Å². The fraction of sp³-hybridized carbons (Fsp3) is 0.0370. The van der Waals surface area contributed by atoms with Crippen molar-refractivity contribution in [3.8, 4) is 17.0 Å². The third-order valence-corrected chi connectivity index (χ3v) is 5.66. The molecule has 0 N–H and O–H groups in total. The van der Waals surface area contributed by atoms with Gasteiger partial charge < -0.3 is 4.74 Å². The molecule has 5 nitrogen and oxygen atoms in total. The molecule has 0 radical (unpaired) electrons. The number of aromatic nitrogens is 3. The van der Waals surface area contributed by atoms with E-state index >= 15 is 0 Å². The first-order chi connectivity index (χ1) is 16.6. The van der Waals surface area contributed by atoms with Gasteiger partial charge in [0.1, 0.15) is 18.2 Å². The molecule has 0 saturated heterocycles. The number of ketones is 1. The molecule has 0 aliphatic carbocycles. The van der Waals surface area contributed by atoms with Crippen molar-refractivity contribution in [3.63, 3.8) is 0 Å². The summed E-state index contributed by atoms with van der Waals surface area (Å²) in [5, 5.41) is -0.0729. The largest absolute Gasteiger partial charge is 0.487 e. The van der Waals surface area contributed by atoms with E-state index < -0.39 is 11.6 Å². The number of hydrogen-bond acceptors (Lipinski definition) is 5. The molecular formula is C27H17ClFN3O2. The topological polar surface area (TPSA) is 65.0 Å². The molecule has 7 heteroatoms. The van der Waals surface area contributed by atoms with Gasteiger partial charge in [-0.1, -0.05) is 41.9 Å². The Bertz CT molecular complexity index is 1490. The normalized spacial score (nSPS) is 10.9. The van der Waals surface area contributed by atoms with Gasteiger partial charge in [-0.2, -0.15) is 0 Å². The number of hydrogen-bond donors (Lipinski definition) is 0. The molecular weight excluding hydrogens is 453 g/mol. The lowest BCUT2D eigenvalue weighted by molar-refractivity contribution is 0.103. The average Bonchev–Trinajstić information content (AvgIpc) is 2.88. The summed E-state index contributed by atoms with van der Waals surface area (Å²) < 4.78 is 20.5. The van der Waals surface area contributed by atoms with Gasteiger partial charge in [-0.05, 0) is 48.0 Å². The van der Waals surface area contributed by atoms with Crippen LogP contribution in [-0.4, -0.2) is 20.7 Å². The summed E-state index contributed by atoms with van der Waals surface area (Å²) in [6, 6.07) is 20.6. The summed E-state index contributed by atoms with van der Waals surface area (Å²) in [7, 11) is 0. The van der Waals surface area contributed by atoms with Crippen LogP contribution in [0.3, 0.4) is 0 Å². The first-order valence-electron chi connectivity index (χ1n) is 10.5. The van der Waals surface area contributed by atoms with E-state index in [1.54, 1.807) is 42.9 Å². The third-order valence-electron chi connectivity index (χ3n) is 5.28. The zero-order chi connectivity index (χ0) is 23.5. The lowest BCUT2D eigenvalue weighted by atomic mass is 10.0. The number of fused-ring (bicyclic) bond motifs is 1. The van der Waals surface area contributed by atoms with Crippen molar-refractivity contribution in [1.29, 1.82) is 0 Å². The van der Waals surface area contributed by atoms with Crippen molar-refractivity contribution in [2.45, 2.75) is 6.61 Å². The van der Waals surface area contributed by atoms with Crippen LogP contribution in [0.1, 0.15) is 21.5 Å². The van der Waals surface area contributed by atoms with Crippen molar-refractivity contribution in [2.75, 3.05) is 0 Å². The first-order valence-corrected chi connectivity index (χ1v) is 10.8. The Labute approximate surface area is 199 Å². The number of ether oxygens (including phenoxy) is 1. The second-order valence-electron chi connectivity index (χ2n) is 7.54. The van der Waals surface area contributed by atoms with Gasteiger partial charge >= 0.3 is 0 Å². The van der Waals surface area contributed by atoms with Crippen molar-refractivity contribution in [3.05, 3.63) is 119 Å². The SMILES string of the molecule is O=C(c1ccc2ncc(-c3cccnc3)nc2c1)c1c(F)ccc(OCc2ccccc2)c1Cl. The molecule has 5 aromatic rings. The maximum absolute atomic E-state index is 14.7. The van der Waals surface area contributed by atoms with Crippen LogP contribution in [0.4, 0.5) is 4.39 Å². The van der Waals surface area contributed by atoms with Crippen LogP contribution in [0.15, 0.2) is 91.4 Å². The van der Waals surface area contributed by atoms with E-state index in [-0.39, 0.29) is 28.5 Å². The van der Waals surface area contributed by atoms with Crippen LogP contribution < -0.4 is 4.74 Å². The van der Waals surface area contributed by atoms with E-state index in [1.807, 2.05) is 36.4 Å². The minimum Gasteiger partial charge on any atom is -0.487 e. The molecule has 0 aliphatic heterocycles. The lowest BCUT2D eigenvalue weighted by Crippen LogP contribution is -2.07. The smallest absolute Gasteiger partial charge is 0.197 e. The highest BCUT2D eigenvalue weighted by Gasteiger charge is 2.22. The van der Waals surface area contributed by atoms with Gasteiger partial charge in [-0.25, -0.2) is 9.37 Å². The van der Waals surface area contributed by atoms with E-state index in [0.29, 0.717) is 16.7 Å². The maximum atomic E-state index is 14.7. The summed E-state index contributed by atoms with van der Waals surface area (Å²) in [6.45, 7) is 0.239. The molecule has 0 unspecified atom stereocenters. The van der Waals surface area contributed by atoms with Gasteiger partial charge in [0.2, 0.25) is 0 Å². The molecule has 3 aromatic carbocycles. The number of nitrogens with zero attached hydrogens (tertiary/aromatic N) is 3. The number of carbonyl (C=O) groups excluding carboxylic acids is 1. The quantitative estimate of drug-likeness (QED) is 0.273. The van der Waals surface area contributed by atoms with Crippen molar-refractivity contribution >= 4 is 28.4 Å². The van der Waals surface area contributed by atoms with E-state index in [2.05, 4.69) is 15.0 Å². The van der Waals surface area contributed by atoms with Crippen molar-refractivity contribution in [1.82, 2.24) is 15.0 Å². The summed E-state index contributed by atoms with van der Waals surface area (Å²) in [5.41, 5.74) is 3.44. The van der Waals surface area contributed by atoms with Crippen LogP contribution in [-0.2, 0) is 6.61 Å². The molecule has 2 heterocycles. The van der Waals surface area contributed by atoms with Gasteiger partial charge in [0.15, 0.2) is 5.78 Å². The van der Waals surface area contributed by atoms with Gasteiger partial charge in [0.25, 0.3) is 0 Å². The molecule has 0 saturated carbocycles. The number of rotatable bonds is 6. The van der Waals surface area contributed by atoms with E-state index in [1.165, 1.54) is 12.1 Å². The van der Waals surface area contributed by atoms with E-state index in [0.717, 1.165) is 11.1 Å². The molecule has 0 bridgehead atoms. The van der Waals surface area contributed by atoms with Gasteiger partial charge in [0.05, 0.1) is 33.5 Å². The Morgan fingerprint density at radius 2 is 1.79 bits per heavy atom. The van der Waals surface area contributed by atoms with Crippen molar-refractivity contribution in [2.24, 2.45) is 0 Å². The predicted molar refractivity (Wildman–Crippen MR) is 128 cm³/mol. The van der Waals surface area contributed by atoms with Crippen molar-refractivity contribution < 1.29 is 13.9 Å². The highest BCUT2D eigenvalue weighted by molar-refractivity contribution is 6.36. The number of pyridine rings is 1. The highest BCUT2D eigenvalue weighted by Crippen LogP contribution is 2.33. The molecule has 2 aromatic heterocycles. The van der Waals surface area contributed by atoms with Crippen LogP contribution >= 0.6 is 11.6 Å². The second-order valence-corrected chi connectivity index (χ2v) is 7.92. The summed E-state index contributed by atoms with van der Waals surface area (Å²) >= 11 is 6.43. The minimum atomic E-state index is -0.725. The highest BCUT2D eigenvalue weighted by atomic mass is 35.5. The standard InChI is InChI=1S/C27H17ClFN3O2/c28-26-24(34-16-17-5-2-1-3-6-17)11-9-20(29)25(26)27(33)18-8-10-21-22(13-18)32-23(15-31-21)19-7-4-12-30-14-19/h1-15H,16H2. The summed E-state index contributed by atoms with van der Waals surface area (Å²) in [5.74, 6) is -1.06. The molecule has 5 rings (SSSR count). The second kappa shape index (κ2) is 9.37. The Morgan fingerprint density at radius 1 is 0.941 bits per heavy atom. The number of benzene rings is 3. The Hall–Kier alpha value is -4.16. The van der Waals surface area contributed by atoms with Crippen LogP contribution in [0.2, 0.25) is 5.02 Å². The fourth-order valence-corrected chi connectivity index (χ4v) is 3.83. The molecule has 0 amide bonds. The summed E-state index contributed by atoms with van der Waals surface area (Å²) in [4.78, 5) is 26.4. The minimum absolute atomic E-state index is 0.0729. The lowest BCUT2D eigenvalue weighted by Gasteiger charge is -2.12. The number of halogens is 2. The predicted octanol–water partition coefficient (Wildman–Crippen LogP) is 6.29. The van der Waals surface area contributed by atoms with Gasteiger partial charge in [0, 0.05) is 23.5 Å². The van der Waals surface area contributed by atoms with Gasteiger partial charge in [-0.15, -0.1) is 0 Å². The summed E-state index contributed by atoms with van der Waals surface area (Å²) in [6.07, 6.45) is 5.00. The molecule has 0 fully saturated rings. The first kappa shape index (κ1) is 21.7. The maximum Gasteiger partial charge on any atom is 0.197 e. The van der Waals surface area contributed by atoms with Gasteiger partial charge in [-0.3, -0.25) is 14.8 Å². The Balaban J connectivity index is 1.48. The molecule has 34 heavy (non-hydrogen) atoms. The third kappa shape index (κ3) is 4.36. The zero-order valence-corrected chi connectivity index (χ0v) is 18.5. The Morgan fingerprint density at radius 3 is 2.59 bits per heavy atom. The zero-order valence-electron chi connectivity index (χ0n) is 17.8. The molecule has 0 aliphatic rings. The molecule has 0 spiro atoms. The average molecular weight is 470 g/mol.